The highest BCUT2D eigenvalue weighted by Gasteiger charge is 2.46. The summed E-state index contributed by atoms with van der Waals surface area (Å²) in [4.78, 5) is 26.2. The van der Waals surface area contributed by atoms with Gasteiger partial charge in [-0.05, 0) is 47.5 Å². The standard InChI is InChI=1S/C19H19BrFN3O3/c1-19(2)16(25)14-12(8-27-19)22-17-15(18(26)24(4)23(17)3)13(14)9-5-6-11(21)10(20)7-9/h5-7,13,22H,8H2,1-4H3. The maximum absolute atomic E-state index is 13.8. The van der Waals surface area contributed by atoms with Crippen molar-refractivity contribution in [1.29, 1.82) is 0 Å². The van der Waals surface area contributed by atoms with E-state index in [0.717, 1.165) is 0 Å². The third-order valence-electron chi connectivity index (χ3n) is 5.37. The van der Waals surface area contributed by atoms with Gasteiger partial charge in [-0.15, -0.1) is 0 Å². The van der Waals surface area contributed by atoms with Crippen molar-refractivity contribution in [3.8, 4) is 0 Å². The van der Waals surface area contributed by atoms with Crippen LogP contribution in [0.5, 0.6) is 0 Å². The van der Waals surface area contributed by atoms with Crippen LogP contribution in [0.15, 0.2) is 38.7 Å². The fourth-order valence-electron chi connectivity index (χ4n) is 3.72. The van der Waals surface area contributed by atoms with Crippen LogP contribution in [0.25, 0.3) is 0 Å². The summed E-state index contributed by atoms with van der Waals surface area (Å²) in [6.45, 7) is 3.67. The van der Waals surface area contributed by atoms with Crippen LogP contribution in [0.1, 0.15) is 30.9 Å². The smallest absolute Gasteiger partial charge is 0.272 e. The molecule has 2 aliphatic heterocycles. The number of halogens is 2. The van der Waals surface area contributed by atoms with Crippen molar-refractivity contribution in [3.05, 3.63) is 61.2 Å². The van der Waals surface area contributed by atoms with Gasteiger partial charge in [0.25, 0.3) is 5.56 Å². The van der Waals surface area contributed by atoms with Crippen molar-refractivity contribution in [1.82, 2.24) is 9.36 Å². The summed E-state index contributed by atoms with van der Waals surface area (Å²) in [5, 5.41) is 3.21. The van der Waals surface area contributed by atoms with Crippen molar-refractivity contribution < 1.29 is 13.9 Å². The molecule has 0 saturated heterocycles. The maximum atomic E-state index is 13.8. The van der Waals surface area contributed by atoms with Crippen LogP contribution >= 0.6 is 15.9 Å². The number of nitrogens with zero attached hydrogens (tertiary/aromatic N) is 2. The number of rotatable bonds is 1. The lowest BCUT2D eigenvalue weighted by Gasteiger charge is -2.38. The second-order valence-electron chi connectivity index (χ2n) is 7.37. The van der Waals surface area contributed by atoms with Gasteiger partial charge in [0.15, 0.2) is 5.78 Å². The van der Waals surface area contributed by atoms with Crippen molar-refractivity contribution in [2.45, 2.75) is 25.4 Å². The summed E-state index contributed by atoms with van der Waals surface area (Å²) < 4.78 is 23.0. The molecule has 0 saturated carbocycles. The fourth-order valence-corrected chi connectivity index (χ4v) is 4.12. The average Bonchev–Trinajstić information content (AvgIpc) is 2.84. The molecule has 27 heavy (non-hydrogen) atoms. The van der Waals surface area contributed by atoms with Gasteiger partial charge in [-0.25, -0.2) is 4.39 Å². The van der Waals surface area contributed by atoms with Crippen molar-refractivity contribution in [3.63, 3.8) is 0 Å². The monoisotopic (exact) mass is 435 g/mol. The van der Waals surface area contributed by atoms with Gasteiger partial charge in [0.2, 0.25) is 0 Å². The number of anilines is 1. The van der Waals surface area contributed by atoms with E-state index >= 15 is 0 Å². The van der Waals surface area contributed by atoms with Crippen LogP contribution in [0, 0.1) is 5.82 Å². The number of nitrogens with one attached hydrogen (secondary N) is 1. The summed E-state index contributed by atoms with van der Waals surface area (Å²) in [5.41, 5.74) is 1.09. The first kappa shape index (κ1) is 18.2. The highest BCUT2D eigenvalue weighted by atomic mass is 79.9. The number of ketones is 1. The molecule has 1 N–H and O–H groups in total. The Morgan fingerprint density at radius 1 is 1.26 bits per heavy atom. The fraction of sp³-hybridized carbons (Fsp3) is 0.368. The van der Waals surface area contributed by atoms with E-state index in [1.165, 1.54) is 10.7 Å². The van der Waals surface area contributed by atoms with Gasteiger partial charge in [-0.2, -0.15) is 0 Å². The number of hydrogen-bond donors (Lipinski definition) is 1. The summed E-state index contributed by atoms with van der Waals surface area (Å²) in [5.74, 6) is -0.563. The van der Waals surface area contributed by atoms with E-state index in [9.17, 15) is 14.0 Å². The topological polar surface area (TPSA) is 65.3 Å². The highest BCUT2D eigenvalue weighted by Crippen LogP contribution is 2.44. The van der Waals surface area contributed by atoms with E-state index in [4.69, 9.17) is 4.74 Å². The Bertz CT molecular complexity index is 1080. The molecular weight excluding hydrogens is 417 g/mol. The first-order chi connectivity index (χ1) is 12.6. The molecule has 0 bridgehead atoms. The minimum Gasteiger partial charge on any atom is -0.361 e. The quantitative estimate of drug-likeness (QED) is 0.747. The zero-order valence-electron chi connectivity index (χ0n) is 15.4. The lowest BCUT2D eigenvalue weighted by atomic mass is 9.76. The van der Waals surface area contributed by atoms with Crippen LogP contribution in [0.4, 0.5) is 10.2 Å². The number of Topliss-reactive ketones (excluding diaryl/α,β-unsaturated/α-hetero) is 1. The molecule has 1 atom stereocenters. The molecule has 1 unspecified atom stereocenters. The molecule has 142 valence electrons. The van der Waals surface area contributed by atoms with E-state index in [1.807, 2.05) is 0 Å². The van der Waals surface area contributed by atoms with Crippen molar-refractivity contribution in [2.24, 2.45) is 14.1 Å². The van der Waals surface area contributed by atoms with Crippen LogP contribution in [-0.2, 0) is 23.6 Å². The van der Waals surface area contributed by atoms with Crippen LogP contribution < -0.4 is 10.9 Å². The molecule has 1 aromatic carbocycles. The number of fused-ring (bicyclic) bond motifs is 1. The molecule has 1 aromatic heterocycles. The Morgan fingerprint density at radius 3 is 2.63 bits per heavy atom. The van der Waals surface area contributed by atoms with Gasteiger partial charge in [0, 0.05) is 25.6 Å². The third-order valence-corrected chi connectivity index (χ3v) is 5.98. The van der Waals surface area contributed by atoms with Crippen LogP contribution in [-0.4, -0.2) is 27.4 Å². The molecule has 0 spiro atoms. The highest BCUT2D eigenvalue weighted by molar-refractivity contribution is 9.10. The average molecular weight is 436 g/mol. The minimum atomic E-state index is -0.993. The van der Waals surface area contributed by atoms with Gasteiger partial charge in [0.05, 0.1) is 22.3 Å². The van der Waals surface area contributed by atoms with Crippen LogP contribution in [0.2, 0.25) is 0 Å². The lowest BCUT2D eigenvalue weighted by molar-refractivity contribution is -0.137. The first-order valence-corrected chi connectivity index (χ1v) is 9.32. The molecule has 0 fully saturated rings. The van der Waals surface area contributed by atoms with E-state index < -0.39 is 17.3 Å². The van der Waals surface area contributed by atoms with Crippen molar-refractivity contribution >= 4 is 27.5 Å². The molecule has 0 amide bonds. The van der Waals surface area contributed by atoms with E-state index in [2.05, 4.69) is 21.2 Å². The molecular formula is C19H19BrFN3O3. The Balaban J connectivity index is 2.03. The second-order valence-corrected chi connectivity index (χ2v) is 8.22. The van der Waals surface area contributed by atoms with Gasteiger partial charge in [-0.1, -0.05) is 6.07 Å². The maximum Gasteiger partial charge on any atom is 0.272 e. The largest absolute Gasteiger partial charge is 0.361 e. The Hall–Kier alpha value is -2.19. The molecule has 3 heterocycles. The summed E-state index contributed by atoms with van der Waals surface area (Å²) >= 11 is 3.21. The minimum absolute atomic E-state index is 0.182. The van der Waals surface area contributed by atoms with Crippen molar-refractivity contribution in [2.75, 3.05) is 11.9 Å². The third kappa shape index (κ3) is 2.54. The Labute approximate surface area is 163 Å². The Kier molecular flexibility index (Phi) is 3.98. The molecule has 6 nitrogen and oxygen atoms in total. The second kappa shape index (κ2) is 5.90. The number of benzene rings is 1. The number of hydrogen-bond acceptors (Lipinski definition) is 4. The number of carbonyl (C=O) groups excluding carboxylic acids is 1. The first-order valence-electron chi connectivity index (χ1n) is 8.53. The normalized spacial score (nSPS) is 21.0. The molecule has 0 radical (unpaired) electrons. The van der Waals surface area contributed by atoms with Gasteiger partial charge in [0.1, 0.15) is 17.2 Å². The number of ether oxygens (including phenoxy) is 1. The lowest BCUT2D eigenvalue weighted by Crippen LogP contribution is -2.45. The van der Waals surface area contributed by atoms with E-state index in [0.29, 0.717) is 28.2 Å². The predicted molar refractivity (Wildman–Crippen MR) is 102 cm³/mol. The van der Waals surface area contributed by atoms with Crippen LogP contribution in [0.3, 0.4) is 0 Å². The number of aromatic nitrogens is 2. The predicted octanol–water partition coefficient (Wildman–Crippen LogP) is 2.81. The van der Waals surface area contributed by atoms with Gasteiger partial charge < -0.3 is 10.1 Å². The SMILES string of the molecule is Cn1c2c(c(=O)n1C)C(c1ccc(F)c(Br)c1)C1=C(COC(C)(C)C1=O)N2. The summed E-state index contributed by atoms with van der Waals surface area (Å²) in [7, 11) is 3.44. The molecule has 2 aromatic rings. The van der Waals surface area contributed by atoms with E-state index in [1.54, 1.807) is 44.8 Å². The summed E-state index contributed by atoms with van der Waals surface area (Å²) in [6.07, 6.45) is 0. The molecule has 8 heteroatoms. The summed E-state index contributed by atoms with van der Waals surface area (Å²) in [6, 6.07) is 4.58. The van der Waals surface area contributed by atoms with Gasteiger partial charge in [-0.3, -0.25) is 19.0 Å². The van der Waals surface area contributed by atoms with Gasteiger partial charge >= 0.3 is 0 Å². The zero-order chi connectivity index (χ0) is 19.7. The molecule has 2 aliphatic rings. The number of carbonyl (C=O) groups is 1. The van der Waals surface area contributed by atoms with E-state index in [-0.39, 0.29) is 22.4 Å². The Morgan fingerprint density at radius 2 is 1.96 bits per heavy atom. The zero-order valence-corrected chi connectivity index (χ0v) is 17.0. The molecule has 0 aliphatic carbocycles. The molecule has 4 rings (SSSR count).